The molecule has 0 fully saturated rings. The van der Waals surface area contributed by atoms with E-state index in [1.807, 2.05) is 49.6 Å². The molecule has 142 valence electrons. The van der Waals surface area contributed by atoms with E-state index in [1.165, 1.54) is 4.90 Å². The van der Waals surface area contributed by atoms with Crippen LogP contribution < -0.4 is 11.5 Å². The number of benzene rings is 1. The summed E-state index contributed by atoms with van der Waals surface area (Å²) in [6.45, 7) is 6.23. The van der Waals surface area contributed by atoms with Crippen LogP contribution in [0.25, 0.3) is 21.9 Å². The summed E-state index contributed by atoms with van der Waals surface area (Å²) in [5.74, 6) is -0.575. The number of carbonyl (C=O) groups is 2. The van der Waals surface area contributed by atoms with Crippen molar-refractivity contribution >= 4 is 39.8 Å². The fourth-order valence-corrected chi connectivity index (χ4v) is 3.31. The van der Waals surface area contributed by atoms with Gasteiger partial charge in [-0.1, -0.05) is 18.2 Å². The van der Waals surface area contributed by atoms with Crippen LogP contribution >= 0.6 is 0 Å². The van der Waals surface area contributed by atoms with Gasteiger partial charge >= 0.3 is 6.09 Å². The second kappa shape index (κ2) is 6.46. The standard InChI is InChI=1S/C19H23N5O3/c1-19(2,3)24(18(26)27)9-8-23-14-7-5-4-6-11(14)12-10-13(16(21)25)15(20)22-17(12)23/h4-7,10H,8-9H2,1-3H3,(H2,20,22)(H2,21,25)(H,26,27). The molecule has 1 aromatic carbocycles. The highest BCUT2D eigenvalue weighted by Gasteiger charge is 2.26. The van der Waals surface area contributed by atoms with Crippen molar-refractivity contribution in [1.29, 1.82) is 0 Å². The monoisotopic (exact) mass is 369 g/mol. The van der Waals surface area contributed by atoms with Crippen molar-refractivity contribution in [2.24, 2.45) is 5.73 Å². The number of pyridine rings is 1. The molecule has 0 atom stereocenters. The van der Waals surface area contributed by atoms with Gasteiger partial charge < -0.3 is 26.0 Å². The Bertz CT molecular complexity index is 1050. The first kappa shape index (κ1) is 18.5. The molecule has 0 radical (unpaired) electrons. The number of hydrogen-bond acceptors (Lipinski definition) is 4. The molecule has 0 aliphatic rings. The number of carboxylic acid groups (broad SMARTS) is 1. The van der Waals surface area contributed by atoms with E-state index < -0.39 is 17.5 Å². The number of primary amides is 1. The third-order valence-electron chi connectivity index (χ3n) is 4.63. The van der Waals surface area contributed by atoms with Gasteiger partial charge in [0.25, 0.3) is 5.91 Å². The van der Waals surface area contributed by atoms with Crippen molar-refractivity contribution in [2.75, 3.05) is 12.3 Å². The number of nitrogen functional groups attached to an aromatic ring is 1. The molecule has 5 N–H and O–H groups in total. The summed E-state index contributed by atoms with van der Waals surface area (Å²) in [5, 5.41) is 11.2. The van der Waals surface area contributed by atoms with E-state index in [2.05, 4.69) is 4.98 Å². The van der Waals surface area contributed by atoms with Gasteiger partial charge in [0.05, 0.1) is 11.1 Å². The zero-order valence-electron chi connectivity index (χ0n) is 15.6. The summed E-state index contributed by atoms with van der Waals surface area (Å²) < 4.78 is 1.92. The van der Waals surface area contributed by atoms with E-state index in [9.17, 15) is 14.7 Å². The van der Waals surface area contributed by atoms with E-state index in [-0.39, 0.29) is 17.9 Å². The van der Waals surface area contributed by atoms with Crippen molar-refractivity contribution in [2.45, 2.75) is 32.9 Å². The summed E-state index contributed by atoms with van der Waals surface area (Å²) in [7, 11) is 0. The van der Waals surface area contributed by atoms with Crippen LogP contribution in [-0.2, 0) is 6.54 Å². The Labute approximate surface area is 156 Å². The molecular formula is C19H23N5O3. The number of aromatic nitrogens is 2. The predicted octanol–water partition coefficient (Wildman–Crippen LogP) is 2.65. The van der Waals surface area contributed by atoms with Crippen molar-refractivity contribution in [3.05, 3.63) is 35.9 Å². The van der Waals surface area contributed by atoms with Gasteiger partial charge in [-0.2, -0.15) is 0 Å². The minimum absolute atomic E-state index is 0.0602. The first-order valence-corrected chi connectivity index (χ1v) is 8.59. The van der Waals surface area contributed by atoms with Crippen molar-refractivity contribution < 1.29 is 14.7 Å². The normalized spacial score (nSPS) is 11.8. The SMILES string of the molecule is CC(C)(C)N(CCn1c2ccccc2c2cc(C(N)=O)c(N)nc21)C(=O)O. The summed E-state index contributed by atoms with van der Waals surface area (Å²) in [6, 6.07) is 9.30. The molecule has 0 aliphatic carbocycles. The number of amides is 2. The molecular weight excluding hydrogens is 346 g/mol. The Morgan fingerprint density at radius 1 is 1.22 bits per heavy atom. The molecule has 0 saturated heterocycles. The van der Waals surface area contributed by atoms with Crippen molar-refractivity contribution in [3.63, 3.8) is 0 Å². The summed E-state index contributed by atoms with van der Waals surface area (Å²) >= 11 is 0. The zero-order valence-corrected chi connectivity index (χ0v) is 15.6. The lowest BCUT2D eigenvalue weighted by Gasteiger charge is -2.33. The lowest BCUT2D eigenvalue weighted by molar-refractivity contribution is 0.0977. The molecule has 0 bridgehead atoms. The lowest BCUT2D eigenvalue weighted by Crippen LogP contribution is -2.46. The van der Waals surface area contributed by atoms with Gasteiger partial charge in [0.2, 0.25) is 0 Å². The Balaban J connectivity index is 2.15. The van der Waals surface area contributed by atoms with Gasteiger partial charge in [-0.05, 0) is 32.9 Å². The second-order valence-corrected chi connectivity index (χ2v) is 7.43. The van der Waals surface area contributed by atoms with E-state index in [1.54, 1.807) is 6.07 Å². The van der Waals surface area contributed by atoms with Crippen LogP contribution in [0.2, 0.25) is 0 Å². The predicted molar refractivity (Wildman–Crippen MR) is 105 cm³/mol. The number of anilines is 1. The van der Waals surface area contributed by atoms with Gasteiger partial charge in [-0.15, -0.1) is 0 Å². The quantitative estimate of drug-likeness (QED) is 0.651. The van der Waals surface area contributed by atoms with Crippen LogP contribution in [-0.4, -0.2) is 43.6 Å². The van der Waals surface area contributed by atoms with Crippen LogP contribution in [0.4, 0.5) is 10.6 Å². The fraction of sp³-hybridized carbons (Fsp3) is 0.316. The first-order valence-electron chi connectivity index (χ1n) is 8.59. The molecule has 3 rings (SSSR count). The Kier molecular flexibility index (Phi) is 4.43. The number of nitrogens with zero attached hydrogens (tertiary/aromatic N) is 3. The highest BCUT2D eigenvalue weighted by atomic mass is 16.4. The van der Waals surface area contributed by atoms with E-state index >= 15 is 0 Å². The number of nitrogens with two attached hydrogens (primary N) is 2. The topological polar surface area (TPSA) is 127 Å². The molecule has 2 aromatic heterocycles. The average Bonchev–Trinajstić information content (AvgIpc) is 2.86. The second-order valence-electron chi connectivity index (χ2n) is 7.43. The molecule has 0 spiro atoms. The summed E-state index contributed by atoms with van der Waals surface area (Å²) in [5.41, 5.74) is 12.4. The summed E-state index contributed by atoms with van der Waals surface area (Å²) in [6.07, 6.45) is -0.980. The largest absolute Gasteiger partial charge is 0.465 e. The number of fused-ring (bicyclic) bond motifs is 3. The smallest absolute Gasteiger partial charge is 0.407 e. The van der Waals surface area contributed by atoms with Gasteiger partial charge in [-0.3, -0.25) is 4.79 Å². The van der Waals surface area contributed by atoms with Crippen LogP contribution in [0.5, 0.6) is 0 Å². The van der Waals surface area contributed by atoms with Gasteiger partial charge in [0.1, 0.15) is 11.5 Å². The average molecular weight is 369 g/mol. The van der Waals surface area contributed by atoms with Crippen molar-refractivity contribution in [3.8, 4) is 0 Å². The molecule has 27 heavy (non-hydrogen) atoms. The highest BCUT2D eigenvalue weighted by Crippen LogP contribution is 2.30. The zero-order chi connectivity index (χ0) is 19.9. The molecule has 8 heteroatoms. The van der Waals surface area contributed by atoms with Gasteiger partial charge in [0.15, 0.2) is 0 Å². The van der Waals surface area contributed by atoms with Crippen molar-refractivity contribution in [1.82, 2.24) is 14.5 Å². The number of rotatable bonds is 4. The lowest BCUT2D eigenvalue weighted by atomic mass is 10.1. The maximum Gasteiger partial charge on any atom is 0.407 e. The van der Waals surface area contributed by atoms with Crippen LogP contribution in [0, 0.1) is 0 Å². The van der Waals surface area contributed by atoms with E-state index in [0.29, 0.717) is 12.2 Å². The molecule has 0 aliphatic heterocycles. The minimum Gasteiger partial charge on any atom is -0.465 e. The molecule has 0 unspecified atom stereocenters. The third-order valence-corrected chi connectivity index (χ3v) is 4.63. The maximum absolute atomic E-state index is 11.6. The minimum atomic E-state index is -0.980. The number of hydrogen-bond donors (Lipinski definition) is 3. The maximum atomic E-state index is 11.6. The molecule has 3 aromatic rings. The van der Waals surface area contributed by atoms with Gasteiger partial charge in [-0.25, -0.2) is 9.78 Å². The van der Waals surface area contributed by atoms with E-state index in [0.717, 1.165) is 16.3 Å². The van der Waals surface area contributed by atoms with Crippen LogP contribution in [0.1, 0.15) is 31.1 Å². The molecule has 0 saturated carbocycles. The number of carbonyl (C=O) groups excluding carboxylic acids is 1. The molecule has 2 heterocycles. The first-order chi connectivity index (χ1) is 12.6. The Morgan fingerprint density at radius 2 is 1.89 bits per heavy atom. The Morgan fingerprint density at radius 3 is 2.48 bits per heavy atom. The van der Waals surface area contributed by atoms with Crippen LogP contribution in [0.15, 0.2) is 30.3 Å². The molecule has 8 nitrogen and oxygen atoms in total. The number of para-hydroxylation sites is 1. The van der Waals surface area contributed by atoms with Gasteiger partial charge in [0, 0.05) is 29.4 Å². The fourth-order valence-electron chi connectivity index (χ4n) is 3.31. The Hall–Kier alpha value is -3.29. The highest BCUT2D eigenvalue weighted by molar-refractivity contribution is 6.10. The van der Waals surface area contributed by atoms with E-state index in [4.69, 9.17) is 11.5 Å². The van der Waals surface area contributed by atoms with Crippen LogP contribution in [0.3, 0.4) is 0 Å². The third kappa shape index (κ3) is 3.25. The molecule has 2 amide bonds. The summed E-state index contributed by atoms with van der Waals surface area (Å²) in [4.78, 5) is 29.0.